The van der Waals surface area contributed by atoms with Gasteiger partial charge in [0.1, 0.15) is 11.5 Å². The van der Waals surface area contributed by atoms with Crippen molar-refractivity contribution >= 4 is 27.7 Å². The van der Waals surface area contributed by atoms with Crippen molar-refractivity contribution in [3.8, 4) is 11.5 Å². The highest BCUT2D eigenvalue weighted by Crippen LogP contribution is 2.24. The van der Waals surface area contributed by atoms with E-state index in [1.54, 1.807) is 24.3 Å². The van der Waals surface area contributed by atoms with Crippen molar-refractivity contribution in [3.05, 3.63) is 58.1 Å². The number of carbonyl (C=O) groups is 2. The fourth-order valence-electron chi connectivity index (χ4n) is 2.13. The Morgan fingerprint density at radius 1 is 1.08 bits per heavy atom. The van der Waals surface area contributed by atoms with Crippen LogP contribution < -0.4 is 20.3 Å². The first-order chi connectivity index (χ1) is 12.4. The molecule has 0 heterocycles. The van der Waals surface area contributed by atoms with Crippen LogP contribution in [0.3, 0.4) is 0 Å². The second-order valence-corrected chi connectivity index (χ2v) is 6.78. The minimum atomic E-state index is -0.480. The summed E-state index contributed by atoms with van der Waals surface area (Å²) in [5.74, 6) is 0.105. The van der Waals surface area contributed by atoms with E-state index in [2.05, 4.69) is 26.8 Å². The Balaban J connectivity index is 1.93. The quantitative estimate of drug-likeness (QED) is 0.702. The van der Waals surface area contributed by atoms with Gasteiger partial charge in [0, 0.05) is 4.47 Å². The van der Waals surface area contributed by atoms with Crippen LogP contribution in [-0.4, -0.2) is 24.5 Å². The van der Waals surface area contributed by atoms with E-state index in [9.17, 15) is 9.59 Å². The van der Waals surface area contributed by atoms with Crippen molar-refractivity contribution in [2.45, 2.75) is 26.9 Å². The summed E-state index contributed by atoms with van der Waals surface area (Å²) in [6.45, 7) is 5.42. The van der Waals surface area contributed by atoms with E-state index in [-0.39, 0.29) is 12.7 Å². The molecule has 0 aromatic heterocycles. The van der Waals surface area contributed by atoms with E-state index < -0.39 is 11.8 Å². The Morgan fingerprint density at radius 3 is 2.50 bits per heavy atom. The zero-order chi connectivity index (χ0) is 19.1. The summed E-state index contributed by atoms with van der Waals surface area (Å²) in [6, 6.07) is 12.5. The molecule has 7 heteroatoms. The molecule has 0 spiro atoms. The molecule has 6 nitrogen and oxygen atoms in total. The van der Waals surface area contributed by atoms with Gasteiger partial charge in [-0.1, -0.05) is 34.1 Å². The number of hydrazine groups is 1. The maximum atomic E-state index is 12.4. The Morgan fingerprint density at radius 2 is 1.81 bits per heavy atom. The van der Waals surface area contributed by atoms with Gasteiger partial charge in [0.25, 0.3) is 11.8 Å². The molecular weight excluding hydrogens is 400 g/mol. The Labute approximate surface area is 161 Å². The SMILES string of the molecule is Cc1ccccc1OCC(=O)NNC(=O)c1cc(Br)ccc1OC(C)C. The number of nitrogens with one attached hydrogen (secondary N) is 2. The van der Waals surface area contributed by atoms with Crippen LogP contribution in [0.2, 0.25) is 0 Å². The molecule has 0 radical (unpaired) electrons. The summed E-state index contributed by atoms with van der Waals surface area (Å²) >= 11 is 3.33. The predicted molar refractivity (Wildman–Crippen MR) is 102 cm³/mol. The van der Waals surface area contributed by atoms with Gasteiger partial charge in [0.05, 0.1) is 11.7 Å². The standard InChI is InChI=1S/C19H21BrN2O4/c1-12(2)26-17-9-8-14(20)10-15(17)19(24)22-21-18(23)11-25-16-7-5-4-6-13(16)3/h4-10,12H,11H2,1-3H3,(H,21,23)(H,22,24). The van der Waals surface area contributed by atoms with Gasteiger partial charge in [-0.25, -0.2) is 0 Å². The van der Waals surface area contributed by atoms with Crippen molar-refractivity contribution < 1.29 is 19.1 Å². The molecule has 26 heavy (non-hydrogen) atoms. The maximum absolute atomic E-state index is 12.4. The van der Waals surface area contributed by atoms with Crippen molar-refractivity contribution in [2.24, 2.45) is 0 Å². The molecule has 2 aromatic carbocycles. The summed E-state index contributed by atoms with van der Waals surface area (Å²) in [6.07, 6.45) is -0.0835. The number of rotatable bonds is 6. The zero-order valence-electron chi connectivity index (χ0n) is 14.8. The van der Waals surface area contributed by atoms with Gasteiger partial charge in [-0.05, 0) is 50.6 Å². The van der Waals surface area contributed by atoms with Crippen LogP contribution in [0.4, 0.5) is 0 Å². The number of benzene rings is 2. The van der Waals surface area contributed by atoms with Gasteiger partial charge in [-0.2, -0.15) is 0 Å². The molecule has 0 unspecified atom stereocenters. The van der Waals surface area contributed by atoms with Gasteiger partial charge in [0.15, 0.2) is 6.61 Å². The molecule has 0 saturated heterocycles. The van der Waals surface area contributed by atoms with Crippen molar-refractivity contribution in [2.75, 3.05) is 6.61 Å². The lowest BCUT2D eigenvalue weighted by Crippen LogP contribution is -2.44. The molecule has 0 aliphatic carbocycles. The molecule has 2 amide bonds. The number of amides is 2. The summed E-state index contributed by atoms with van der Waals surface area (Å²) in [4.78, 5) is 24.3. The maximum Gasteiger partial charge on any atom is 0.276 e. The smallest absolute Gasteiger partial charge is 0.276 e. The first-order valence-corrected chi connectivity index (χ1v) is 8.90. The first kappa shape index (κ1) is 19.8. The van der Waals surface area contributed by atoms with Crippen molar-refractivity contribution in [3.63, 3.8) is 0 Å². The fraction of sp³-hybridized carbons (Fsp3) is 0.263. The molecule has 0 saturated carbocycles. The van der Waals surface area contributed by atoms with Crippen LogP contribution in [0.15, 0.2) is 46.9 Å². The van der Waals surface area contributed by atoms with Gasteiger partial charge in [-0.3, -0.25) is 20.4 Å². The lowest BCUT2D eigenvalue weighted by atomic mass is 10.2. The fourth-order valence-corrected chi connectivity index (χ4v) is 2.49. The summed E-state index contributed by atoms with van der Waals surface area (Å²) < 4.78 is 11.8. The van der Waals surface area contributed by atoms with Gasteiger partial charge in [-0.15, -0.1) is 0 Å². The monoisotopic (exact) mass is 420 g/mol. The largest absolute Gasteiger partial charge is 0.490 e. The van der Waals surface area contributed by atoms with Gasteiger partial charge in [0.2, 0.25) is 0 Å². The highest BCUT2D eigenvalue weighted by atomic mass is 79.9. The number of hydrogen-bond donors (Lipinski definition) is 2. The highest BCUT2D eigenvalue weighted by molar-refractivity contribution is 9.10. The van der Waals surface area contributed by atoms with E-state index in [0.717, 1.165) is 10.0 Å². The number of aryl methyl sites for hydroxylation is 1. The number of ether oxygens (including phenoxy) is 2. The van der Waals surface area contributed by atoms with E-state index in [1.165, 1.54) is 0 Å². The minimum Gasteiger partial charge on any atom is -0.490 e. The van der Waals surface area contributed by atoms with E-state index in [4.69, 9.17) is 9.47 Å². The third-order valence-electron chi connectivity index (χ3n) is 3.32. The van der Waals surface area contributed by atoms with Crippen molar-refractivity contribution in [1.29, 1.82) is 0 Å². The Bertz CT molecular complexity index is 793. The summed E-state index contributed by atoms with van der Waals surface area (Å²) in [5.41, 5.74) is 5.95. The van der Waals surface area contributed by atoms with E-state index >= 15 is 0 Å². The van der Waals surface area contributed by atoms with Crippen LogP contribution in [0.1, 0.15) is 29.8 Å². The van der Waals surface area contributed by atoms with Crippen LogP contribution in [0.25, 0.3) is 0 Å². The highest BCUT2D eigenvalue weighted by Gasteiger charge is 2.15. The van der Waals surface area contributed by atoms with E-state index in [0.29, 0.717) is 17.1 Å². The molecule has 0 bridgehead atoms. The van der Waals surface area contributed by atoms with Crippen LogP contribution in [0, 0.1) is 6.92 Å². The molecule has 0 aliphatic heterocycles. The molecule has 2 N–H and O–H groups in total. The molecular formula is C19H21BrN2O4. The van der Waals surface area contributed by atoms with Crippen LogP contribution in [0.5, 0.6) is 11.5 Å². The molecule has 2 aromatic rings. The van der Waals surface area contributed by atoms with Crippen molar-refractivity contribution in [1.82, 2.24) is 10.9 Å². The number of para-hydroxylation sites is 1. The summed E-state index contributed by atoms with van der Waals surface area (Å²) in [5, 5.41) is 0. The van der Waals surface area contributed by atoms with Crippen LogP contribution >= 0.6 is 15.9 Å². The molecule has 138 valence electrons. The molecule has 0 atom stereocenters. The topological polar surface area (TPSA) is 76.7 Å². The minimum absolute atomic E-state index is 0.0835. The van der Waals surface area contributed by atoms with E-state index in [1.807, 2.05) is 39.0 Å². The van der Waals surface area contributed by atoms with Crippen LogP contribution in [-0.2, 0) is 4.79 Å². The molecule has 2 rings (SSSR count). The number of halogens is 1. The molecule has 0 aliphatic rings. The van der Waals surface area contributed by atoms with Gasteiger partial charge < -0.3 is 9.47 Å². The Hall–Kier alpha value is -2.54. The number of carbonyl (C=O) groups excluding carboxylic acids is 2. The Kier molecular flexibility index (Phi) is 7.03. The summed E-state index contributed by atoms with van der Waals surface area (Å²) in [7, 11) is 0. The molecule has 0 fully saturated rings. The average molecular weight is 421 g/mol. The lowest BCUT2D eigenvalue weighted by Gasteiger charge is -2.15. The third kappa shape index (κ3) is 5.77. The third-order valence-corrected chi connectivity index (χ3v) is 3.81. The lowest BCUT2D eigenvalue weighted by molar-refractivity contribution is -0.123. The second kappa shape index (κ2) is 9.24. The average Bonchev–Trinajstić information content (AvgIpc) is 2.60. The predicted octanol–water partition coefficient (Wildman–Crippen LogP) is 3.38. The first-order valence-electron chi connectivity index (χ1n) is 8.10. The number of hydrogen-bond acceptors (Lipinski definition) is 4. The normalized spacial score (nSPS) is 10.3. The second-order valence-electron chi connectivity index (χ2n) is 5.86. The zero-order valence-corrected chi connectivity index (χ0v) is 16.4. The van der Waals surface area contributed by atoms with Gasteiger partial charge >= 0.3 is 0 Å².